The molecule has 3 unspecified atom stereocenters. The van der Waals surface area contributed by atoms with E-state index in [1.807, 2.05) is 27.7 Å². The fourth-order valence-corrected chi connectivity index (χ4v) is 5.40. The average Bonchev–Trinajstić information content (AvgIpc) is 2.33. The van der Waals surface area contributed by atoms with Gasteiger partial charge in [-0.2, -0.15) is 0 Å². The van der Waals surface area contributed by atoms with E-state index in [0.29, 0.717) is 51.6 Å². The highest BCUT2D eigenvalue weighted by Gasteiger charge is 2.70. The van der Waals surface area contributed by atoms with Crippen LogP contribution in [0.25, 0.3) is 0 Å². The molecule has 4 atom stereocenters. The van der Waals surface area contributed by atoms with Gasteiger partial charge in [-0.15, -0.1) is 0 Å². The molecule has 5 nitrogen and oxygen atoms in total. The van der Waals surface area contributed by atoms with Crippen molar-refractivity contribution in [2.45, 2.75) is 95.0 Å². The van der Waals surface area contributed by atoms with E-state index in [-0.39, 0.29) is 5.97 Å². The Morgan fingerprint density at radius 2 is 1.48 bits per heavy atom. The van der Waals surface area contributed by atoms with Gasteiger partial charge in [0.15, 0.2) is 0 Å². The van der Waals surface area contributed by atoms with Crippen LogP contribution in [-0.4, -0.2) is 45.2 Å². The summed E-state index contributed by atoms with van der Waals surface area (Å²) in [6.07, 6.45) is 3.47. The van der Waals surface area contributed by atoms with Crippen LogP contribution in [0.1, 0.15) is 72.6 Å². The van der Waals surface area contributed by atoms with Crippen LogP contribution in [0.5, 0.6) is 0 Å². The summed E-state index contributed by atoms with van der Waals surface area (Å²) in [4.78, 5) is 12.6. The molecule has 0 aromatic rings. The fourth-order valence-electron chi connectivity index (χ4n) is 5.40. The monoisotopic (exact) mass is 326 g/mol. The Morgan fingerprint density at radius 3 is 1.96 bits per heavy atom. The molecule has 5 heteroatoms. The quantitative estimate of drug-likeness (QED) is 0.758. The fraction of sp³-hybridized carbons (Fsp3) is 0.944. The van der Waals surface area contributed by atoms with Gasteiger partial charge in [-0.25, -0.2) is 0 Å². The van der Waals surface area contributed by atoms with E-state index < -0.39 is 27.8 Å². The molecule has 4 rings (SSSR count). The third kappa shape index (κ3) is 2.81. The SMILES string of the molecule is CCOC12CC3(O)CC(OC(=O)C(C)(C)CC)(C1)C[C@](O)(C3)C2. The zero-order chi connectivity index (χ0) is 17.1. The van der Waals surface area contributed by atoms with Crippen molar-refractivity contribution in [3.05, 3.63) is 0 Å². The summed E-state index contributed by atoms with van der Waals surface area (Å²) in [7, 11) is 0. The number of carbonyl (C=O) groups is 1. The van der Waals surface area contributed by atoms with Gasteiger partial charge >= 0.3 is 5.97 Å². The lowest BCUT2D eigenvalue weighted by Crippen LogP contribution is -2.73. The Balaban J connectivity index is 1.92. The maximum Gasteiger partial charge on any atom is 0.312 e. The van der Waals surface area contributed by atoms with E-state index in [0.717, 1.165) is 0 Å². The molecule has 132 valence electrons. The van der Waals surface area contributed by atoms with Gasteiger partial charge in [0, 0.05) is 45.1 Å². The molecule has 0 aromatic carbocycles. The summed E-state index contributed by atoms with van der Waals surface area (Å²) in [5.41, 5.74) is -3.96. The molecule has 0 aliphatic heterocycles. The molecule has 0 spiro atoms. The number of carbonyl (C=O) groups excluding carboxylic acids is 1. The molecule has 4 bridgehead atoms. The summed E-state index contributed by atoms with van der Waals surface area (Å²) in [5, 5.41) is 21.9. The van der Waals surface area contributed by atoms with Crippen LogP contribution in [0.3, 0.4) is 0 Å². The van der Waals surface area contributed by atoms with Gasteiger partial charge in [0.1, 0.15) is 5.60 Å². The molecule has 0 heterocycles. The highest BCUT2D eigenvalue weighted by Crippen LogP contribution is 2.63. The number of ether oxygens (including phenoxy) is 2. The molecule has 0 saturated heterocycles. The lowest BCUT2D eigenvalue weighted by Gasteiger charge is -2.66. The Bertz CT molecular complexity index is 494. The average molecular weight is 326 g/mol. The van der Waals surface area contributed by atoms with Gasteiger partial charge in [0.2, 0.25) is 0 Å². The zero-order valence-electron chi connectivity index (χ0n) is 14.8. The first kappa shape index (κ1) is 17.2. The molecular weight excluding hydrogens is 296 g/mol. The number of hydrogen-bond donors (Lipinski definition) is 2. The highest BCUT2D eigenvalue weighted by molar-refractivity contribution is 5.76. The van der Waals surface area contributed by atoms with Crippen LogP contribution in [-0.2, 0) is 14.3 Å². The van der Waals surface area contributed by atoms with Crippen molar-refractivity contribution < 1.29 is 24.5 Å². The van der Waals surface area contributed by atoms with Crippen molar-refractivity contribution in [3.63, 3.8) is 0 Å². The summed E-state index contributed by atoms with van der Waals surface area (Å²) >= 11 is 0. The highest BCUT2D eigenvalue weighted by atomic mass is 16.6. The van der Waals surface area contributed by atoms with Crippen LogP contribution in [0.4, 0.5) is 0 Å². The van der Waals surface area contributed by atoms with Gasteiger partial charge in [0.05, 0.1) is 22.2 Å². The van der Waals surface area contributed by atoms with Crippen LogP contribution < -0.4 is 0 Å². The smallest absolute Gasteiger partial charge is 0.312 e. The van der Waals surface area contributed by atoms with Gasteiger partial charge in [-0.1, -0.05) is 6.92 Å². The normalized spacial score (nSPS) is 45.3. The van der Waals surface area contributed by atoms with Crippen molar-refractivity contribution in [2.75, 3.05) is 6.61 Å². The van der Waals surface area contributed by atoms with Crippen molar-refractivity contribution in [2.24, 2.45) is 5.41 Å². The lowest BCUT2D eigenvalue weighted by molar-refractivity contribution is -0.311. The van der Waals surface area contributed by atoms with Crippen molar-refractivity contribution in [1.82, 2.24) is 0 Å². The number of rotatable bonds is 5. The van der Waals surface area contributed by atoms with Crippen LogP contribution in [0.15, 0.2) is 0 Å². The third-order valence-corrected chi connectivity index (χ3v) is 6.10. The van der Waals surface area contributed by atoms with E-state index in [4.69, 9.17) is 9.47 Å². The van der Waals surface area contributed by atoms with E-state index in [9.17, 15) is 15.0 Å². The zero-order valence-corrected chi connectivity index (χ0v) is 14.8. The largest absolute Gasteiger partial charge is 0.458 e. The van der Waals surface area contributed by atoms with Crippen molar-refractivity contribution in [3.8, 4) is 0 Å². The molecular formula is C18H30O5. The first-order chi connectivity index (χ1) is 10.5. The van der Waals surface area contributed by atoms with Crippen molar-refractivity contribution in [1.29, 1.82) is 0 Å². The summed E-state index contributed by atoms with van der Waals surface area (Å²) < 4.78 is 11.9. The van der Waals surface area contributed by atoms with Crippen LogP contribution >= 0.6 is 0 Å². The molecule has 2 N–H and O–H groups in total. The molecule has 0 amide bonds. The molecule has 4 fully saturated rings. The van der Waals surface area contributed by atoms with E-state index >= 15 is 0 Å². The van der Waals surface area contributed by atoms with Gasteiger partial charge in [-0.3, -0.25) is 4.79 Å². The second-order valence-corrected chi connectivity index (χ2v) is 8.94. The molecule has 0 radical (unpaired) electrons. The van der Waals surface area contributed by atoms with Crippen molar-refractivity contribution >= 4 is 5.97 Å². The van der Waals surface area contributed by atoms with Gasteiger partial charge < -0.3 is 19.7 Å². The van der Waals surface area contributed by atoms with Crippen LogP contribution in [0, 0.1) is 5.41 Å². The first-order valence-corrected chi connectivity index (χ1v) is 8.81. The maximum atomic E-state index is 12.6. The second kappa shape index (κ2) is 4.93. The predicted molar refractivity (Wildman–Crippen MR) is 84.9 cm³/mol. The van der Waals surface area contributed by atoms with Gasteiger partial charge in [-0.05, 0) is 27.2 Å². The molecule has 4 saturated carbocycles. The predicted octanol–water partition coefficient (Wildman–Crippen LogP) is 2.32. The minimum atomic E-state index is -1.00. The summed E-state index contributed by atoms with van der Waals surface area (Å²) in [5.74, 6) is -0.249. The Morgan fingerprint density at radius 1 is 0.957 bits per heavy atom. The number of aliphatic hydroxyl groups is 2. The number of esters is 1. The lowest BCUT2D eigenvalue weighted by atomic mass is 9.48. The minimum absolute atomic E-state index is 0.249. The Hall–Kier alpha value is -0.650. The molecule has 4 aliphatic rings. The standard InChI is InChI=1S/C18H30O5/c1-5-14(3,4)13(19)23-18-10-15(20)7-16(21,11-18)9-17(8-15,12-18)22-6-2/h20-21H,5-12H2,1-4H3/t15-,16?,17?,18?/m0/s1. The second-order valence-electron chi connectivity index (χ2n) is 8.94. The topological polar surface area (TPSA) is 76.0 Å². The summed E-state index contributed by atoms with van der Waals surface area (Å²) in [6, 6.07) is 0. The minimum Gasteiger partial charge on any atom is -0.458 e. The van der Waals surface area contributed by atoms with Gasteiger partial charge in [0.25, 0.3) is 0 Å². The number of hydrogen-bond acceptors (Lipinski definition) is 5. The van der Waals surface area contributed by atoms with E-state index in [1.54, 1.807) is 0 Å². The Labute approximate surface area is 138 Å². The van der Waals surface area contributed by atoms with E-state index in [1.165, 1.54) is 0 Å². The van der Waals surface area contributed by atoms with Crippen LogP contribution in [0.2, 0.25) is 0 Å². The molecule has 4 aliphatic carbocycles. The first-order valence-electron chi connectivity index (χ1n) is 8.81. The van der Waals surface area contributed by atoms with E-state index in [2.05, 4.69) is 0 Å². The Kier molecular flexibility index (Phi) is 3.68. The molecule has 0 aromatic heterocycles. The molecule has 23 heavy (non-hydrogen) atoms. The third-order valence-electron chi connectivity index (χ3n) is 6.10. The summed E-state index contributed by atoms with van der Waals surface area (Å²) in [6.45, 7) is 8.15. The maximum absolute atomic E-state index is 12.6.